The van der Waals surface area contributed by atoms with E-state index in [4.69, 9.17) is 14.3 Å². The number of carbonyl (C=O) groups excluding carboxylic acids is 1. The third-order valence-corrected chi connectivity index (χ3v) is 11.6. The van der Waals surface area contributed by atoms with Crippen molar-refractivity contribution in [3.63, 3.8) is 0 Å². The van der Waals surface area contributed by atoms with Gasteiger partial charge in [-0.3, -0.25) is 4.79 Å². The van der Waals surface area contributed by atoms with Crippen molar-refractivity contribution in [3.05, 3.63) is 42.3 Å². The van der Waals surface area contributed by atoms with Crippen LogP contribution in [0.25, 0.3) is 22.2 Å². The topological polar surface area (TPSA) is 93.9 Å². The second-order valence-electron chi connectivity index (χ2n) is 12.4. The highest BCUT2D eigenvalue weighted by Crippen LogP contribution is 2.39. The van der Waals surface area contributed by atoms with Gasteiger partial charge in [0.2, 0.25) is 14.3 Å². The van der Waals surface area contributed by atoms with Crippen molar-refractivity contribution in [2.24, 2.45) is 5.92 Å². The van der Waals surface area contributed by atoms with Crippen molar-refractivity contribution in [2.75, 3.05) is 18.0 Å². The molecule has 3 aromatic rings. The van der Waals surface area contributed by atoms with E-state index in [9.17, 15) is 9.59 Å². The molecule has 0 radical (unpaired) electrons. The minimum atomic E-state index is -2.10. The summed E-state index contributed by atoms with van der Waals surface area (Å²) >= 11 is 0. The molecule has 38 heavy (non-hydrogen) atoms. The average molecular weight is 542 g/mol. The molecule has 10 heteroatoms. The Bertz CT molecular complexity index is 1400. The lowest BCUT2D eigenvalue weighted by Gasteiger charge is -2.37. The molecular weight excluding hydrogens is 505 g/mol. The number of benzene rings is 1. The molecule has 4 rings (SSSR count). The molecule has 1 aromatic carbocycles. The number of hydrogen-bond donors (Lipinski definition) is 1. The van der Waals surface area contributed by atoms with Crippen LogP contribution in [-0.2, 0) is 9.53 Å². The lowest BCUT2D eigenvalue weighted by molar-refractivity contribution is -0.142. The Kier molecular flexibility index (Phi) is 6.84. The minimum Gasteiger partial charge on any atom is -0.543 e. The molecule has 1 aliphatic rings. The van der Waals surface area contributed by atoms with Crippen molar-refractivity contribution >= 4 is 37.1 Å². The number of halogens is 1. The lowest BCUT2D eigenvalue weighted by atomic mass is 10.0. The number of ether oxygens (including phenoxy) is 1. The van der Waals surface area contributed by atoms with Gasteiger partial charge >= 0.3 is 12.1 Å². The van der Waals surface area contributed by atoms with Gasteiger partial charge < -0.3 is 19.2 Å². The summed E-state index contributed by atoms with van der Waals surface area (Å²) in [6.45, 7) is 16.7. The van der Waals surface area contributed by atoms with E-state index >= 15 is 4.39 Å². The van der Waals surface area contributed by atoms with Gasteiger partial charge in [-0.25, -0.2) is 14.3 Å². The zero-order valence-electron chi connectivity index (χ0n) is 23.3. The van der Waals surface area contributed by atoms with Crippen LogP contribution in [0.4, 0.5) is 15.0 Å². The number of pyridine rings is 1. The number of aliphatic carboxylic acids is 1. The fourth-order valence-corrected chi connectivity index (χ4v) is 5.04. The smallest absolute Gasteiger partial charge is 0.419 e. The minimum absolute atomic E-state index is 0.00700. The summed E-state index contributed by atoms with van der Waals surface area (Å²) in [4.78, 5) is 30.2. The summed E-state index contributed by atoms with van der Waals surface area (Å²) in [5, 5.41) is 9.84. The van der Waals surface area contributed by atoms with Crippen LogP contribution in [0.2, 0.25) is 18.1 Å². The molecule has 0 spiro atoms. The number of aromatic nitrogens is 2. The molecule has 3 heterocycles. The highest BCUT2D eigenvalue weighted by Gasteiger charge is 2.39. The monoisotopic (exact) mass is 541 g/mol. The Morgan fingerprint density at radius 3 is 2.26 bits per heavy atom. The average Bonchev–Trinajstić information content (AvgIpc) is 3.08. The number of carboxylic acids is 1. The standard InChI is InChI=1S/C28H36FN3O5Si/c1-27(2,3)36-26(35)32-21-11-9-19(37-38(7,8)28(4,5)6)13-17(21)14-22(32)20-10-12-23(30-24(20)29)31-15-18(16-31)25(33)34/h9-14,18H,15-16H2,1-8H3,(H,33,34). The number of hydrogen-bond acceptors (Lipinski definition) is 6. The normalized spacial score (nSPS) is 14.9. The van der Waals surface area contributed by atoms with E-state index in [-0.39, 0.29) is 23.7 Å². The van der Waals surface area contributed by atoms with Crippen molar-refractivity contribution < 1.29 is 28.2 Å². The Morgan fingerprint density at radius 2 is 1.71 bits per heavy atom. The van der Waals surface area contributed by atoms with E-state index in [2.05, 4.69) is 38.8 Å². The quantitative estimate of drug-likeness (QED) is 0.290. The maximum Gasteiger partial charge on any atom is 0.419 e. The lowest BCUT2D eigenvalue weighted by Crippen LogP contribution is -2.50. The van der Waals surface area contributed by atoms with Gasteiger partial charge in [0.05, 0.1) is 22.7 Å². The van der Waals surface area contributed by atoms with Gasteiger partial charge in [-0.15, -0.1) is 0 Å². The van der Waals surface area contributed by atoms with Gasteiger partial charge in [-0.05, 0) is 75.3 Å². The highest BCUT2D eigenvalue weighted by molar-refractivity contribution is 6.74. The summed E-state index contributed by atoms with van der Waals surface area (Å²) < 4.78 is 28.9. The molecular formula is C28H36FN3O5Si. The van der Waals surface area contributed by atoms with Crippen LogP contribution in [0.15, 0.2) is 36.4 Å². The van der Waals surface area contributed by atoms with Crippen LogP contribution >= 0.6 is 0 Å². The predicted molar refractivity (Wildman–Crippen MR) is 148 cm³/mol. The molecule has 0 atom stereocenters. The molecule has 0 amide bonds. The number of carbonyl (C=O) groups is 2. The van der Waals surface area contributed by atoms with E-state index in [0.717, 1.165) is 0 Å². The van der Waals surface area contributed by atoms with Gasteiger partial charge in [-0.1, -0.05) is 20.8 Å². The van der Waals surface area contributed by atoms with Gasteiger partial charge in [0, 0.05) is 18.5 Å². The number of rotatable bonds is 5. The van der Waals surface area contributed by atoms with E-state index in [0.29, 0.717) is 28.2 Å². The largest absolute Gasteiger partial charge is 0.543 e. The molecule has 0 saturated carbocycles. The fraction of sp³-hybridized carbons (Fsp3) is 0.464. The zero-order chi connectivity index (χ0) is 28.2. The maximum absolute atomic E-state index is 15.4. The molecule has 1 saturated heterocycles. The molecule has 0 bridgehead atoms. The van der Waals surface area contributed by atoms with Gasteiger partial charge in [-0.2, -0.15) is 4.39 Å². The third-order valence-electron chi connectivity index (χ3n) is 7.19. The highest BCUT2D eigenvalue weighted by atomic mass is 28.4. The van der Waals surface area contributed by atoms with Crippen LogP contribution < -0.4 is 9.33 Å². The number of nitrogens with zero attached hydrogens (tertiary/aromatic N) is 3. The van der Waals surface area contributed by atoms with Crippen LogP contribution in [-0.4, -0.2) is 53.7 Å². The van der Waals surface area contributed by atoms with Gasteiger partial charge in [0.25, 0.3) is 0 Å². The summed E-state index contributed by atoms with van der Waals surface area (Å²) in [6.07, 6.45) is -0.629. The fourth-order valence-electron chi connectivity index (χ4n) is 4.02. The molecule has 0 unspecified atom stereocenters. The molecule has 1 fully saturated rings. The first-order chi connectivity index (χ1) is 17.5. The van der Waals surface area contributed by atoms with E-state index < -0.39 is 37.8 Å². The maximum atomic E-state index is 15.4. The summed E-state index contributed by atoms with van der Waals surface area (Å²) in [6, 6.07) is 10.4. The molecule has 1 aliphatic heterocycles. The van der Waals surface area contributed by atoms with Crippen LogP contribution in [0.1, 0.15) is 41.5 Å². The molecule has 8 nitrogen and oxygen atoms in total. The Hall–Kier alpha value is -3.40. The van der Waals surface area contributed by atoms with Crippen molar-refractivity contribution in [1.82, 2.24) is 9.55 Å². The Morgan fingerprint density at radius 1 is 1.05 bits per heavy atom. The zero-order valence-corrected chi connectivity index (χ0v) is 24.3. The van der Waals surface area contributed by atoms with E-state index in [1.54, 1.807) is 49.9 Å². The van der Waals surface area contributed by atoms with Crippen molar-refractivity contribution in [1.29, 1.82) is 0 Å². The molecule has 1 N–H and O–H groups in total. The SMILES string of the molecule is CC(C)(C)OC(=O)n1c(-c2ccc(N3CC(C(=O)O)C3)nc2F)cc2cc(O[Si](C)(C)C(C)(C)C)ccc21. The van der Waals surface area contributed by atoms with Crippen LogP contribution in [0.3, 0.4) is 0 Å². The molecule has 204 valence electrons. The van der Waals surface area contributed by atoms with Crippen LogP contribution in [0, 0.1) is 11.9 Å². The van der Waals surface area contributed by atoms with E-state index in [1.165, 1.54) is 4.57 Å². The first-order valence-corrected chi connectivity index (χ1v) is 15.6. The first-order valence-electron chi connectivity index (χ1n) is 12.7. The second-order valence-corrected chi connectivity index (χ2v) is 17.1. The summed E-state index contributed by atoms with van der Waals surface area (Å²) in [7, 11) is -2.10. The Labute approximate surface area is 223 Å². The predicted octanol–water partition coefficient (Wildman–Crippen LogP) is 6.53. The van der Waals surface area contributed by atoms with Gasteiger partial charge in [0.15, 0.2) is 0 Å². The van der Waals surface area contributed by atoms with Crippen molar-refractivity contribution in [2.45, 2.75) is 65.3 Å². The summed E-state index contributed by atoms with van der Waals surface area (Å²) in [5.41, 5.74) is 0.252. The number of anilines is 1. The first kappa shape index (κ1) is 27.6. The second kappa shape index (κ2) is 9.41. The molecule has 2 aromatic heterocycles. The van der Waals surface area contributed by atoms with E-state index in [1.807, 2.05) is 12.1 Å². The van der Waals surface area contributed by atoms with Crippen molar-refractivity contribution in [3.8, 4) is 17.0 Å². The Balaban J connectivity index is 1.77. The summed E-state index contributed by atoms with van der Waals surface area (Å²) in [5.74, 6) is -1.08. The molecule has 0 aliphatic carbocycles. The third kappa shape index (κ3) is 5.40. The number of carboxylic acid groups (broad SMARTS) is 1. The van der Waals surface area contributed by atoms with Gasteiger partial charge in [0.1, 0.15) is 17.2 Å². The number of fused-ring (bicyclic) bond motifs is 1. The van der Waals surface area contributed by atoms with Crippen LogP contribution in [0.5, 0.6) is 5.75 Å².